The van der Waals surface area contributed by atoms with Gasteiger partial charge in [-0.2, -0.15) is 0 Å². The van der Waals surface area contributed by atoms with Gasteiger partial charge in [0.05, 0.1) is 13.2 Å². The fourth-order valence-corrected chi connectivity index (χ4v) is 12.1. The van der Waals surface area contributed by atoms with Crippen molar-refractivity contribution in [2.75, 3.05) is 19.8 Å². The van der Waals surface area contributed by atoms with E-state index in [1.807, 2.05) is 12.2 Å². The highest BCUT2D eigenvalue weighted by molar-refractivity contribution is 6.99. The Morgan fingerprint density at radius 3 is 2.05 bits per heavy atom. The molecule has 0 aromatic heterocycles. The van der Waals surface area contributed by atoms with Crippen LogP contribution in [0.5, 0.6) is 0 Å². The lowest BCUT2D eigenvalue weighted by Gasteiger charge is -2.54. The van der Waals surface area contributed by atoms with Crippen LogP contribution in [0.25, 0.3) is 0 Å². The van der Waals surface area contributed by atoms with Crippen LogP contribution in [-0.2, 0) is 18.7 Å². The maximum atomic E-state index is 13.0. The molecule has 2 aliphatic carbocycles. The summed E-state index contributed by atoms with van der Waals surface area (Å²) in [5.74, 6) is -0.502. The van der Waals surface area contributed by atoms with Crippen LogP contribution in [0.4, 0.5) is 0 Å². The van der Waals surface area contributed by atoms with Crippen molar-refractivity contribution in [3.05, 3.63) is 85.0 Å². The van der Waals surface area contributed by atoms with Gasteiger partial charge in [0.2, 0.25) is 0 Å². The van der Waals surface area contributed by atoms with E-state index in [-0.39, 0.29) is 16.2 Å². The molecular formula is C32H40O4Si. The fraction of sp³-hybridized carbons (Fsp3) is 0.469. The molecule has 37 heavy (non-hydrogen) atoms. The van der Waals surface area contributed by atoms with Crippen LogP contribution in [0.15, 0.2) is 85.0 Å². The van der Waals surface area contributed by atoms with E-state index in [9.17, 15) is 4.79 Å². The average molecular weight is 517 g/mol. The van der Waals surface area contributed by atoms with Gasteiger partial charge in [0.1, 0.15) is 0 Å². The molecule has 4 nitrogen and oxygen atoms in total. The fourth-order valence-electron chi connectivity index (χ4n) is 7.42. The molecule has 1 aliphatic heterocycles. The molecule has 0 amide bonds. The van der Waals surface area contributed by atoms with Crippen molar-refractivity contribution in [2.45, 2.75) is 64.2 Å². The maximum Gasteiger partial charge on any atom is 0.261 e. The second-order valence-electron chi connectivity index (χ2n) is 12.4. The van der Waals surface area contributed by atoms with E-state index in [1.54, 1.807) is 0 Å². The monoisotopic (exact) mass is 516 g/mol. The highest BCUT2D eigenvalue weighted by Crippen LogP contribution is 2.62. The molecule has 5 rings (SSSR count). The highest BCUT2D eigenvalue weighted by atomic mass is 28.4. The molecule has 0 radical (unpaired) electrons. The normalized spacial score (nSPS) is 27.2. The topological polar surface area (TPSA) is 44.8 Å². The molecule has 2 aromatic rings. The van der Waals surface area contributed by atoms with Crippen LogP contribution in [0.2, 0.25) is 5.04 Å². The number of ether oxygens (including phenoxy) is 2. The van der Waals surface area contributed by atoms with Crippen molar-refractivity contribution in [1.82, 2.24) is 0 Å². The number of allylic oxidation sites excluding steroid dienone is 2. The van der Waals surface area contributed by atoms with Gasteiger partial charge in [0.25, 0.3) is 8.32 Å². The minimum atomic E-state index is -2.75. The Labute approximate surface area is 222 Å². The van der Waals surface area contributed by atoms with Crippen molar-refractivity contribution < 1.29 is 18.7 Å². The number of benzene rings is 2. The minimum Gasteiger partial charge on any atom is -0.407 e. The van der Waals surface area contributed by atoms with Gasteiger partial charge >= 0.3 is 0 Å². The third kappa shape index (κ3) is 4.40. The molecule has 2 fully saturated rings. The van der Waals surface area contributed by atoms with Crippen LogP contribution in [-0.4, -0.2) is 39.7 Å². The highest BCUT2D eigenvalue weighted by Gasteiger charge is 2.61. The first-order valence-electron chi connectivity index (χ1n) is 13.5. The Bertz CT molecular complexity index is 1140. The Hall–Kier alpha value is -2.31. The van der Waals surface area contributed by atoms with Gasteiger partial charge in [0, 0.05) is 36.7 Å². The Morgan fingerprint density at radius 2 is 1.54 bits per heavy atom. The second kappa shape index (κ2) is 9.46. The van der Waals surface area contributed by atoms with Crippen molar-refractivity contribution in [3.8, 4) is 0 Å². The van der Waals surface area contributed by atoms with Gasteiger partial charge in [0.15, 0.2) is 11.6 Å². The van der Waals surface area contributed by atoms with Gasteiger partial charge in [-0.3, -0.25) is 4.79 Å². The first-order chi connectivity index (χ1) is 17.6. The quantitative estimate of drug-likeness (QED) is 0.357. The molecule has 0 bridgehead atoms. The molecule has 1 heterocycles. The lowest BCUT2D eigenvalue weighted by Crippen LogP contribution is -2.67. The van der Waals surface area contributed by atoms with Gasteiger partial charge in [-0.1, -0.05) is 100 Å². The number of ketones is 1. The molecule has 1 saturated carbocycles. The van der Waals surface area contributed by atoms with Crippen molar-refractivity contribution in [1.29, 1.82) is 0 Å². The summed E-state index contributed by atoms with van der Waals surface area (Å²) >= 11 is 0. The van der Waals surface area contributed by atoms with Crippen LogP contribution < -0.4 is 10.4 Å². The summed E-state index contributed by atoms with van der Waals surface area (Å²) in [5, 5.41) is 2.38. The van der Waals surface area contributed by atoms with Gasteiger partial charge < -0.3 is 13.9 Å². The first-order valence-corrected chi connectivity index (χ1v) is 15.4. The zero-order chi connectivity index (χ0) is 26.4. The summed E-state index contributed by atoms with van der Waals surface area (Å²) < 4.78 is 20.1. The summed E-state index contributed by atoms with van der Waals surface area (Å²) in [4.78, 5) is 13.0. The second-order valence-corrected chi connectivity index (χ2v) is 16.8. The molecule has 0 N–H and O–H groups in total. The van der Waals surface area contributed by atoms with Crippen molar-refractivity contribution >= 4 is 24.5 Å². The number of carbonyl (C=O) groups excluding carboxylic acids is 1. The molecule has 3 aliphatic rings. The van der Waals surface area contributed by atoms with Crippen molar-refractivity contribution in [2.24, 2.45) is 10.8 Å². The maximum absolute atomic E-state index is 13.0. The number of hydrogen-bond donors (Lipinski definition) is 0. The van der Waals surface area contributed by atoms with E-state index in [2.05, 4.69) is 94.9 Å². The van der Waals surface area contributed by atoms with Crippen LogP contribution in [0.1, 0.15) is 53.4 Å². The Kier molecular flexibility index (Phi) is 6.72. The first kappa shape index (κ1) is 26.3. The molecule has 1 saturated heterocycles. The van der Waals surface area contributed by atoms with Crippen LogP contribution in [0.3, 0.4) is 0 Å². The average Bonchev–Trinajstić information content (AvgIpc) is 3.44. The summed E-state index contributed by atoms with van der Waals surface area (Å²) in [6.07, 6.45) is 6.43. The zero-order valence-corrected chi connectivity index (χ0v) is 23.7. The van der Waals surface area contributed by atoms with E-state index in [4.69, 9.17) is 13.9 Å². The molecule has 5 heteroatoms. The van der Waals surface area contributed by atoms with Crippen LogP contribution >= 0.6 is 0 Å². The van der Waals surface area contributed by atoms with Gasteiger partial charge in [-0.05, 0) is 27.9 Å². The summed E-state index contributed by atoms with van der Waals surface area (Å²) in [6.45, 7) is 14.9. The summed E-state index contributed by atoms with van der Waals surface area (Å²) in [5.41, 5.74) is 0.447. The summed E-state index contributed by atoms with van der Waals surface area (Å²) in [6, 6.07) is 21.5. The van der Waals surface area contributed by atoms with E-state index in [0.29, 0.717) is 39.1 Å². The van der Waals surface area contributed by atoms with Crippen LogP contribution in [0, 0.1) is 10.8 Å². The third-order valence-electron chi connectivity index (χ3n) is 8.68. The molecule has 2 atom stereocenters. The molecule has 2 aromatic carbocycles. The smallest absolute Gasteiger partial charge is 0.261 e. The minimum absolute atomic E-state index is 0.128. The largest absolute Gasteiger partial charge is 0.407 e. The van der Waals surface area contributed by atoms with Gasteiger partial charge in [-0.25, -0.2) is 0 Å². The summed E-state index contributed by atoms with van der Waals surface area (Å²) in [7, 11) is -2.75. The van der Waals surface area contributed by atoms with E-state index in [0.717, 1.165) is 6.42 Å². The van der Waals surface area contributed by atoms with E-state index < -0.39 is 19.5 Å². The molecule has 196 valence electrons. The van der Waals surface area contributed by atoms with Gasteiger partial charge in [-0.15, -0.1) is 6.58 Å². The third-order valence-corrected chi connectivity index (χ3v) is 13.7. The predicted octanol–water partition coefficient (Wildman–Crippen LogP) is 5.57. The Balaban J connectivity index is 1.62. The lowest BCUT2D eigenvalue weighted by molar-refractivity contribution is -0.214. The standard InChI is InChI=1S/C32H40O4Si/c1-6-17-31-21-25(33)20-28(31)30(5,22-32(23-31)34-18-19-35-32)24-36-37(29(2,3)4,26-13-9-7-10-14-26)27-15-11-8-12-16-27/h6-16,20H,1,17-19,21-24H2,2-5H3/t30-,31+/m0/s1. The number of rotatable bonds is 7. The van der Waals surface area contributed by atoms with Crippen molar-refractivity contribution in [3.63, 3.8) is 0 Å². The molecule has 1 spiro atoms. The molecular weight excluding hydrogens is 476 g/mol. The van der Waals surface area contributed by atoms with E-state index in [1.165, 1.54) is 15.9 Å². The lowest BCUT2D eigenvalue weighted by atomic mass is 9.57. The SMILES string of the molecule is C=CC[C@]12CC(=O)C=C1[C@](C)(CO[Si](c1ccccc1)(c1ccccc1)C(C)(C)C)CC1(C2)OCCO1. The van der Waals surface area contributed by atoms with E-state index >= 15 is 0 Å². The Morgan fingerprint density at radius 1 is 0.973 bits per heavy atom. The number of hydrogen-bond acceptors (Lipinski definition) is 4. The predicted molar refractivity (Wildman–Crippen MR) is 151 cm³/mol. The number of fused-ring (bicyclic) bond motifs is 1. The number of carbonyl (C=O) groups is 1. The zero-order valence-electron chi connectivity index (χ0n) is 22.7. The molecule has 0 unspecified atom stereocenters.